The predicted octanol–water partition coefficient (Wildman–Crippen LogP) is 4.83. The number of halogens is 2. The summed E-state index contributed by atoms with van der Waals surface area (Å²) in [7, 11) is 0. The third kappa shape index (κ3) is 3.81. The number of amides is 1. The van der Waals surface area contributed by atoms with Crippen molar-refractivity contribution in [2.45, 2.75) is 44.2 Å². The van der Waals surface area contributed by atoms with Crippen molar-refractivity contribution in [3.63, 3.8) is 0 Å². The molecule has 2 atom stereocenters. The van der Waals surface area contributed by atoms with Gasteiger partial charge in [0.2, 0.25) is 0 Å². The van der Waals surface area contributed by atoms with Gasteiger partial charge in [-0.3, -0.25) is 4.90 Å². The molecule has 30 heavy (non-hydrogen) atoms. The van der Waals surface area contributed by atoms with E-state index in [2.05, 4.69) is 10.2 Å². The molecule has 0 saturated carbocycles. The smallest absolute Gasteiger partial charge is 0.407 e. The van der Waals surface area contributed by atoms with Crippen molar-refractivity contribution < 1.29 is 18.3 Å². The van der Waals surface area contributed by atoms with Crippen LogP contribution in [-0.4, -0.2) is 36.7 Å². The van der Waals surface area contributed by atoms with Crippen LogP contribution >= 0.6 is 0 Å². The number of nitrogens with zero attached hydrogens (tertiary/aromatic N) is 1. The molecule has 4 aliphatic rings. The quantitative estimate of drug-likeness (QED) is 0.785. The summed E-state index contributed by atoms with van der Waals surface area (Å²) in [6.45, 7) is 3.07. The average molecular weight is 412 g/mol. The number of rotatable bonds is 3. The Morgan fingerprint density at radius 3 is 2.50 bits per heavy atom. The standard InChI is InChI=1S/C24H26F2N2O2/c25-20-7-5-17(13-21(20)26)16-4-6-19-18(12-16)2-1-3-22(19)27-24(29)30-23-14-28-10-8-15(23)9-11-28/h4-7,12-13,15,22-23H,1-3,8-11,14H2,(H,27,29)/t22?,23-/m1/s1. The number of carbonyl (C=O) groups excluding carboxylic acids is 1. The van der Waals surface area contributed by atoms with Gasteiger partial charge in [0.25, 0.3) is 0 Å². The van der Waals surface area contributed by atoms with E-state index < -0.39 is 11.6 Å². The molecule has 2 aromatic carbocycles. The first-order valence-electron chi connectivity index (χ1n) is 10.8. The molecule has 158 valence electrons. The number of benzene rings is 2. The summed E-state index contributed by atoms with van der Waals surface area (Å²) in [6, 6.07) is 9.80. The number of aryl methyl sites for hydroxylation is 1. The van der Waals surface area contributed by atoms with Crippen LogP contribution in [0.2, 0.25) is 0 Å². The average Bonchev–Trinajstić information content (AvgIpc) is 2.76. The maximum absolute atomic E-state index is 13.6. The van der Waals surface area contributed by atoms with E-state index in [0.29, 0.717) is 11.5 Å². The predicted molar refractivity (Wildman–Crippen MR) is 110 cm³/mol. The minimum absolute atomic E-state index is 0.00805. The summed E-state index contributed by atoms with van der Waals surface area (Å²) in [5.41, 5.74) is 3.71. The second-order valence-corrected chi connectivity index (χ2v) is 8.71. The van der Waals surface area contributed by atoms with E-state index in [9.17, 15) is 13.6 Å². The molecular formula is C24H26F2N2O2. The highest BCUT2D eigenvalue weighted by atomic mass is 19.2. The van der Waals surface area contributed by atoms with Crippen molar-refractivity contribution in [1.29, 1.82) is 0 Å². The maximum Gasteiger partial charge on any atom is 0.407 e. The van der Waals surface area contributed by atoms with Gasteiger partial charge in [-0.1, -0.05) is 24.3 Å². The van der Waals surface area contributed by atoms with Crippen LogP contribution in [0.1, 0.15) is 42.9 Å². The lowest BCUT2D eigenvalue weighted by molar-refractivity contribution is -0.0340. The van der Waals surface area contributed by atoms with E-state index in [0.717, 1.165) is 74.5 Å². The lowest BCUT2D eigenvalue weighted by atomic mass is 9.85. The fourth-order valence-electron chi connectivity index (χ4n) is 5.18. The zero-order valence-corrected chi connectivity index (χ0v) is 16.9. The zero-order chi connectivity index (χ0) is 20.7. The van der Waals surface area contributed by atoms with Crippen molar-refractivity contribution in [1.82, 2.24) is 10.2 Å². The molecule has 0 radical (unpaired) electrons. The first-order valence-corrected chi connectivity index (χ1v) is 10.8. The molecule has 4 nitrogen and oxygen atoms in total. The maximum atomic E-state index is 13.6. The van der Waals surface area contributed by atoms with Crippen molar-refractivity contribution >= 4 is 6.09 Å². The Hall–Kier alpha value is -2.47. The molecule has 1 unspecified atom stereocenters. The summed E-state index contributed by atoms with van der Waals surface area (Å²) in [5.74, 6) is -1.21. The fraction of sp³-hybridized carbons (Fsp3) is 0.458. The first kappa shape index (κ1) is 19.5. The van der Waals surface area contributed by atoms with Gasteiger partial charge in [0.05, 0.1) is 6.04 Å². The highest BCUT2D eigenvalue weighted by Gasteiger charge is 2.37. The van der Waals surface area contributed by atoms with Gasteiger partial charge in [-0.05, 0) is 85.5 Å². The van der Waals surface area contributed by atoms with Gasteiger partial charge < -0.3 is 10.1 Å². The molecule has 3 saturated heterocycles. The van der Waals surface area contributed by atoms with Gasteiger partial charge in [-0.2, -0.15) is 0 Å². The van der Waals surface area contributed by atoms with Crippen LogP contribution in [0.25, 0.3) is 11.1 Å². The summed E-state index contributed by atoms with van der Waals surface area (Å²) in [6.07, 6.45) is 4.60. The number of hydrogen-bond acceptors (Lipinski definition) is 3. The Kier molecular flexibility index (Phi) is 5.19. The minimum atomic E-state index is -0.847. The lowest BCUT2D eigenvalue weighted by Crippen LogP contribution is -2.52. The van der Waals surface area contributed by atoms with E-state index in [-0.39, 0.29) is 18.2 Å². The number of alkyl carbamates (subject to hydrolysis) is 1. The minimum Gasteiger partial charge on any atom is -0.445 e. The lowest BCUT2D eigenvalue weighted by Gasteiger charge is -2.44. The molecule has 3 fully saturated rings. The van der Waals surface area contributed by atoms with Crippen molar-refractivity contribution in [3.8, 4) is 11.1 Å². The monoisotopic (exact) mass is 412 g/mol. The summed E-state index contributed by atoms with van der Waals surface area (Å²) in [4.78, 5) is 15.0. The molecule has 1 amide bonds. The Balaban J connectivity index is 1.29. The zero-order valence-electron chi connectivity index (χ0n) is 16.9. The van der Waals surface area contributed by atoms with Crippen LogP contribution in [0.5, 0.6) is 0 Å². The fourth-order valence-corrected chi connectivity index (χ4v) is 5.18. The molecule has 3 aliphatic heterocycles. The number of nitrogens with one attached hydrogen (secondary N) is 1. The van der Waals surface area contributed by atoms with E-state index in [4.69, 9.17) is 4.74 Å². The number of carbonyl (C=O) groups is 1. The van der Waals surface area contributed by atoms with E-state index >= 15 is 0 Å². The van der Waals surface area contributed by atoms with Crippen LogP contribution in [0.3, 0.4) is 0 Å². The SMILES string of the molecule is O=C(NC1CCCc2cc(-c3ccc(F)c(F)c3)ccc21)O[C@@H]1CN2CCC1CC2. The Bertz CT molecular complexity index is 956. The van der Waals surface area contributed by atoms with Crippen LogP contribution in [0.4, 0.5) is 13.6 Å². The molecular weight excluding hydrogens is 386 g/mol. The highest BCUT2D eigenvalue weighted by molar-refractivity contribution is 5.69. The second kappa shape index (κ2) is 7.99. The van der Waals surface area contributed by atoms with Gasteiger partial charge in [-0.25, -0.2) is 13.6 Å². The second-order valence-electron chi connectivity index (χ2n) is 8.71. The molecule has 3 heterocycles. The van der Waals surface area contributed by atoms with E-state index in [1.165, 1.54) is 6.07 Å². The molecule has 2 aromatic rings. The Labute approximate surface area is 175 Å². The molecule has 0 spiro atoms. The molecule has 0 aromatic heterocycles. The van der Waals surface area contributed by atoms with Crippen LogP contribution in [0, 0.1) is 17.6 Å². The van der Waals surface area contributed by atoms with Gasteiger partial charge in [0, 0.05) is 6.54 Å². The molecule has 6 heteroatoms. The summed E-state index contributed by atoms with van der Waals surface area (Å²) in [5, 5.41) is 3.07. The largest absolute Gasteiger partial charge is 0.445 e. The van der Waals surface area contributed by atoms with Gasteiger partial charge >= 0.3 is 6.09 Å². The van der Waals surface area contributed by atoms with Crippen molar-refractivity contribution in [2.75, 3.05) is 19.6 Å². The van der Waals surface area contributed by atoms with Gasteiger partial charge in [0.1, 0.15) is 6.10 Å². The van der Waals surface area contributed by atoms with Crippen molar-refractivity contribution in [3.05, 3.63) is 59.2 Å². The summed E-state index contributed by atoms with van der Waals surface area (Å²) >= 11 is 0. The van der Waals surface area contributed by atoms with Crippen LogP contribution < -0.4 is 5.32 Å². The molecule has 1 N–H and O–H groups in total. The van der Waals surface area contributed by atoms with E-state index in [1.807, 2.05) is 18.2 Å². The Morgan fingerprint density at radius 2 is 1.77 bits per heavy atom. The highest BCUT2D eigenvalue weighted by Crippen LogP contribution is 2.34. The number of hydrogen-bond donors (Lipinski definition) is 1. The third-order valence-electron chi connectivity index (χ3n) is 6.86. The molecule has 1 aliphatic carbocycles. The normalized spacial score (nSPS) is 27.4. The summed E-state index contributed by atoms with van der Waals surface area (Å²) < 4.78 is 32.7. The topological polar surface area (TPSA) is 41.6 Å². The molecule has 6 rings (SSSR count). The first-order chi connectivity index (χ1) is 14.6. The number of ether oxygens (including phenoxy) is 1. The van der Waals surface area contributed by atoms with Crippen LogP contribution in [0.15, 0.2) is 36.4 Å². The van der Waals surface area contributed by atoms with Crippen LogP contribution in [-0.2, 0) is 11.2 Å². The van der Waals surface area contributed by atoms with E-state index in [1.54, 1.807) is 6.07 Å². The van der Waals surface area contributed by atoms with Gasteiger partial charge in [-0.15, -0.1) is 0 Å². The number of piperidine rings is 3. The molecule has 2 bridgehead atoms. The van der Waals surface area contributed by atoms with Gasteiger partial charge in [0.15, 0.2) is 11.6 Å². The third-order valence-corrected chi connectivity index (χ3v) is 6.86. The van der Waals surface area contributed by atoms with Crippen molar-refractivity contribution in [2.24, 2.45) is 5.92 Å². The Morgan fingerprint density at radius 1 is 1.00 bits per heavy atom. The number of fused-ring (bicyclic) bond motifs is 4.